The quantitative estimate of drug-likeness (QED) is 0.899. The van der Waals surface area contributed by atoms with Gasteiger partial charge in [0.2, 0.25) is 5.95 Å². The number of aromatic nitrogens is 2. The van der Waals surface area contributed by atoms with Gasteiger partial charge in [-0.2, -0.15) is 13.2 Å². The van der Waals surface area contributed by atoms with Crippen molar-refractivity contribution in [3.63, 3.8) is 0 Å². The van der Waals surface area contributed by atoms with Crippen molar-refractivity contribution in [3.05, 3.63) is 41.0 Å². The number of carbonyl (C=O) groups is 1. The van der Waals surface area contributed by atoms with Gasteiger partial charge in [-0.3, -0.25) is 4.79 Å². The van der Waals surface area contributed by atoms with Crippen LogP contribution in [0.5, 0.6) is 0 Å². The predicted molar refractivity (Wildman–Crippen MR) is 73.6 cm³/mol. The lowest BCUT2D eigenvalue weighted by atomic mass is 10.1. The summed E-state index contributed by atoms with van der Waals surface area (Å²) in [4.78, 5) is 17.7. The van der Waals surface area contributed by atoms with Crippen LogP contribution in [0.4, 0.5) is 19.1 Å². The van der Waals surface area contributed by atoms with Crippen LogP contribution in [0.1, 0.15) is 5.69 Å². The normalized spacial score (nSPS) is 11.3. The Hall–Kier alpha value is -2.35. The number of nitrogens with one attached hydrogen (secondary N) is 1. The molecule has 22 heavy (non-hydrogen) atoms. The average molecular weight is 332 g/mol. The Morgan fingerprint density at radius 1 is 1.23 bits per heavy atom. The summed E-state index contributed by atoms with van der Waals surface area (Å²) in [5, 5.41) is 11.2. The Kier molecular flexibility index (Phi) is 4.51. The molecule has 0 saturated heterocycles. The molecule has 0 atom stereocenters. The molecule has 116 valence electrons. The molecular weight excluding hydrogens is 323 g/mol. The Morgan fingerprint density at radius 2 is 1.86 bits per heavy atom. The predicted octanol–water partition coefficient (Wildman–Crippen LogP) is 3.31. The van der Waals surface area contributed by atoms with Crippen molar-refractivity contribution < 1.29 is 23.1 Å². The van der Waals surface area contributed by atoms with Gasteiger partial charge in [0.15, 0.2) is 5.69 Å². The van der Waals surface area contributed by atoms with Crippen molar-refractivity contribution in [1.82, 2.24) is 9.97 Å². The molecule has 0 unspecified atom stereocenters. The van der Waals surface area contributed by atoms with Crippen LogP contribution in [-0.4, -0.2) is 27.6 Å². The molecule has 0 aliphatic carbocycles. The van der Waals surface area contributed by atoms with Crippen LogP contribution in [0.2, 0.25) is 5.02 Å². The summed E-state index contributed by atoms with van der Waals surface area (Å²) in [6.07, 6.45) is -4.68. The number of halogens is 4. The summed E-state index contributed by atoms with van der Waals surface area (Å²) in [5.41, 5.74) is -0.761. The molecule has 5 nitrogen and oxygen atoms in total. The molecule has 2 aromatic rings. The number of rotatable bonds is 4. The highest BCUT2D eigenvalue weighted by Gasteiger charge is 2.33. The van der Waals surface area contributed by atoms with Crippen LogP contribution in [0.25, 0.3) is 11.3 Å². The molecule has 1 aromatic carbocycles. The molecule has 1 heterocycles. The van der Waals surface area contributed by atoms with Gasteiger partial charge < -0.3 is 10.4 Å². The summed E-state index contributed by atoms with van der Waals surface area (Å²) < 4.78 is 38.6. The van der Waals surface area contributed by atoms with Crippen molar-refractivity contribution in [2.24, 2.45) is 0 Å². The highest BCUT2D eigenvalue weighted by Crippen LogP contribution is 2.31. The third-order valence-corrected chi connectivity index (χ3v) is 2.81. The van der Waals surface area contributed by atoms with Crippen molar-refractivity contribution in [3.8, 4) is 11.3 Å². The van der Waals surface area contributed by atoms with Crippen LogP contribution < -0.4 is 5.32 Å². The maximum absolute atomic E-state index is 12.9. The first-order valence-corrected chi connectivity index (χ1v) is 6.31. The number of hydrogen-bond donors (Lipinski definition) is 2. The van der Waals surface area contributed by atoms with Gasteiger partial charge >= 0.3 is 12.1 Å². The number of nitrogens with zero attached hydrogens (tertiary/aromatic N) is 2. The summed E-state index contributed by atoms with van der Waals surface area (Å²) in [6, 6.07) is 6.82. The standard InChI is InChI=1S/C13H9ClF3N3O2/c14-8-3-1-7(2-4-8)9-5-10(13(15,16)17)20-12(19-9)18-6-11(21)22/h1-5H,6H2,(H,21,22)(H,18,19,20). The van der Waals surface area contributed by atoms with E-state index in [-0.39, 0.29) is 5.69 Å². The number of anilines is 1. The fourth-order valence-electron chi connectivity index (χ4n) is 1.59. The summed E-state index contributed by atoms with van der Waals surface area (Å²) in [6.45, 7) is -0.596. The van der Waals surface area contributed by atoms with E-state index < -0.39 is 30.3 Å². The van der Waals surface area contributed by atoms with E-state index in [2.05, 4.69) is 15.3 Å². The topological polar surface area (TPSA) is 75.1 Å². The second-order valence-corrected chi connectivity index (χ2v) is 4.65. The molecule has 0 fully saturated rings. The largest absolute Gasteiger partial charge is 0.480 e. The lowest BCUT2D eigenvalue weighted by Crippen LogP contribution is -2.17. The van der Waals surface area contributed by atoms with Crippen LogP contribution in [0.15, 0.2) is 30.3 Å². The zero-order valence-electron chi connectivity index (χ0n) is 10.9. The van der Waals surface area contributed by atoms with E-state index in [0.717, 1.165) is 6.07 Å². The summed E-state index contributed by atoms with van der Waals surface area (Å²) >= 11 is 5.73. The van der Waals surface area contributed by atoms with Crippen LogP contribution in [-0.2, 0) is 11.0 Å². The Balaban J connectivity index is 2.45. The molecule has 9 heteroatoms. The fourth-order valence-corrected chi connectivity index (χ4v) is 1.72. The number of benzene rings is 1. The van der Waals surface area contributed by atoms with Gasteiger partial charge in [-0.05, 0) is 18.2 Å². The van der Waals surface area contributed by atoms with Gasteiger partial charge in [0.05, 0.1) is 5.69 Å². The molecule has 0 amide bonds. The molecule has 0 aliphatic heterocycles. The Labute approximate surface area is 127 Å². The molecule has 0 bridgehead atoms. The van der Waals surface area contributed by atoms with Gasteiger partial charge in [-0.25, -0.2) is 9.97 Å². The van der Waals surface area contributed by atoms with Crippen LogP contribution >= 0.6 is 11.6 Å². The van der Waals surface area contributed by atoms with Gasteiger partial charge in [0, 0.05) is 10.6 Å². The zero-order chi connectivity index (χ0) is 16.3. The van der Waals surface area contributed by atoms with E-state index in [0.29, 0.717) is 10.6 Å². The minimum absolute atomic E-state index is 0.00637. The molecule has 0 spiro atoms. The highest BCUT2D eigenvalue weighted by atomic mass is 35.5. The van der Waals surface area contributed by atoms with Gasteiger partial charge in [0.1, 0.15) is 6.54 Å². The Bertz CT molecular complexity index is 690. The second kappa shape index (κ2) is 6.18. The van der Waals surface area contributed by atoms with Crippen molar-refractivity contribution in [2.75, 3.05) is 11.9 Å². The van der Waals surface area contributed by atoms with Gasteiger partial charge in [-0.1, -0.05) is 23.7 Å². The number of aliphatic carboxylic acids is 1. The average Bonchev–Trinajstić information content (AvgIpc) is 2.44. The molecule has 0 saturated carbocycles. The van der Waals surface area contributed by atoms with Crippen molar-refractivity contribution in [1.29, 1.82) is 0 Å². The van der Waals surface area contributed by atoms with E-state index in [1.165, 1.54) is 24.3 Å². The second-order valence-electron chi connectivity index (χ2n) is 4.21. The minimum Gasteiger partial charge on any atom is -0.480 e. The number of carboxylic acid groups (broad SMARTS) is 1. The van der Waals surface area contributed by atoms with Crippen LogP contribution in [0.3, 0.4) is 0 Å². The maximum atomic E-state index is 12.9. The zero-order valence-corrected chi connectivity index (χ0v) is 11.6. The molecule has 0 radical (unpaired) electrons. The third-order valence-electron chi connectivity index (χ3n) is 2.55. The van der Waals surface area contributed by atoms with Gasteiger partial charge in [-0.15, -0.1) is 0 Å². The molecule has 2 N–H and O–H groups in total. The number of alkyl halides is 3. The lowest BCUT2D eigenvalue weighted by Gasteiger charge is -2.11. The number of carboxylic acids is 1. The Morgan fingerprint density at radius 3 is 2.41 bits per heavy atom. The van der Waals surface area contributed by atoms with E-state index in [4.69, 9.17) is 16.7 Å². The van der Waals surface area contributed by atoms with E-state index in [1.807, 2.05) is 0 Å². The smallest absolute Gasteiger partial charge is 0.433 e. The van der Waals surface area contributed by atoms with Crippen molar-refractivity contribution >= 4 is 23.5 Å². The maximum Gasteiger partial charge on any atom is 0.433 e. The number of hydrogen-bond acceptors (Lipinski definition) is 4. The molecule has 1 aromatic heterocycles. The SMILES string of the molecule is O=C(O)CNc1nc(-c2ccc(Cl)cc2)cc(C(F)(F)F)n1. The monoisotopic (exact) mass is 331 g/mol. The third kappa shape index (κ3) is 4.08. The molecule has 2 rings (SSSR count). The minimum atomic E-state index is -4.68. The van der Waals surface area contributed by atoms with E-state index in [1.54, 1.807) is 0 Å². The highest BCUT2D eigenvalue weighted by molar-refractivity contribution is 6.30. The summed E-state index contributed by atoms with van der Waals surface area (Å²) in [5.74, 6) is -1.66. The van der Waals surface area contributed by atoms with Gasteiger partial charge in [0.25, 0.3) is 0 Å². The van der Waals surface area contributed by atoms with E-state index in [9.17, 15) is 18.0 Å². The molecular formula is C13H9ClF3N3O2. The first kappa shape index (κ1) is 16.0. The summed E-state index contributed by atoms with van der Waals surface area (Å²) in [7, 11) is 0. The lowest BCUT2D eigenvalue weighted by molar-refractivity contribution is -0.141. The first-order chi connectivity index (χ1) is 10.3. The van der Waals surface area contributed by atoms with E-state index >= 15 is 0 Å². The fraction of sp³-hybridized carbons (Fsp3) is 0.154. The first-order valence-electron chi connectivity index (χ1n) is 5.93. The molecule has 0 aliphatic rings. The van der Waals surface area contributed by atoms with Crippen molar-refractivity contribution in [2.45, 2.75) is 6.18 Å². The van der Waals surface area contributed by atoms with Crippen LogP contribution in [0, 0.1) is 0 Å².